The lowest BCUT2D eigenvalue weighted by atomic mass is 10.0. The van der Waals surface area contributed by atoms with Crippen LogP contribution in [-0.2, 0) is 6.54 Å². The third-order valence-electron chi connectivity index (χ3n) is 3.80. The highest BCUT2D eigenvalue weighted by atomic mass is 16.5. The molecule has 2 nitrogen and oxygen atoms in total. The first kappa shape index (κ1) is 13.4. The smallest absolute Gasteiger partial charge is 0.119 e. The van der Waals surface area contributed by atoms with Crippen molar-refractivity contribution in [3.8, 4) is 5.75 Å². The van der Waals surface area contributed by atoms with Crippen molar-refractivity contribution < 1.29 is 4.74 Å². The molecule has 1 aromatic carbocycles. The fourth-order valence-corrected chi connectivity index (χ4v) is 2.61. The van der Waals surface area contributed by atoms with E-state index < -0.39 is 0 Å². The lowest BCUT2D eigenvalue weighted by molar-refractivity contribution is 0.316. The van der Waals surface area contributed by atoms with Crippen molar-refractivity contribution in [1.82, 2.24) is 5.32 Å². The monoisotopic (exact) mass is 247 g/mol. The molecular formula is C16H25NO. The Morgan fingerprint density at radius 1 is 1.28 bits per heavy atom. The van der Waals surface area contributed by atoms with Gasteiger partial charge in [0.2, 0.25) is 0 Å². The molecule has 0 amide bonds. The summed E-state index contributed by atoms with van der Waals surface area (Å²) >= 11 is 0. The Bertz CT molecular complexity index is 369. The van der Waals surface area contributed by atoms with Gasteiger partial charge in [-0.2, -0.15) is 0 Å². The summed E-state index contributed by atoms with van der Waals surface area (Å²) in [6, 6.07) is 8.44. The van der Waals surface area contributed by atoms with Crippen molar-refractivity contribution in [2.24, 2.45) is 0 Å². The average molecular weight is 247 g/mol. The zero-order valence-corrected chi connectivity index (χ0v) is 11.7. The van der Waals surface area contributed by atoms with E-state index in [1.807, 2.05) is 6.07 Å². The van der Waals surface area contributed by atoms with Gasteiger partial charge in [-0.3, -0.25) is 0 Å². The fourth-order valence-electron chi connectivity index (χ4n) is 2.61. The molecule has 0 bridgehead atoms. The molecule has 0 saturated heterocycles. The molecule has 0 unspecified atom stereocenters. The maximum atomic E-state index is 5.66. The summed E-state index contributed by atoms with van der Waals surface area (Å²) < 4.78 is 5.66. The van der Waals surface area contributed by atoms with Crippen molar-refractivity contribution >= 4 is 0 Å². The summed E-state index contributed by atoms with van der Waals surface area (Å²) in [5.41, 5.74) is 1.66. The van der Waals surface area contributed by atoms with Gasteiger partial charge in [0, 0.05) is 12.1 Å². The Balaban J connectivity index is 1.88. The van der Waals surface area contributed by atoms with Crippen molar-refractivity contribution in [2.75, 3.05) is 6.61 Å². The third-order valence-corrected chi connectivity index (χ3v) is 3.80. The largest absolute Gasteiger partial charge is 0.494 e. The van der Waals surface area contributed by atoms with Crippen LogP contribution in [0, 0.1) is 0 Å². The van der Waals surface area contributed by atoms with Crippen LogP contribution in [0.1, 0.15) is 51.5 Å². The van der Waals surface area contributed by atoms with Gasteiger partial charge in [-0.25, -0.2) is 0 Å². The number of hydrogen-bond donors (Lipinski definition) is 1. The summed E-state index contributed by atoms with van der Waals surface area (Å²) in [6.45, 7) is 6.22. The Hall–Kier alpha value is -1.02. The van der Waals surface area contributed by atoms with E-state index in [1.165, 1.54) is 31.2 Å². The predicted molar refractivity (Wildman–Crippen MR) is 75.9 cm³/mol. The molecule has 0 aromatic heterocycles. The number of benzene rings is 1. The van der Waals surface area contributed by atoms with Crippen LogP contribution < -0.4 is 10.1 Å². The van der Waals surface area contributed by atoms with Gasteiger partial charge in [0.15, 0.2) is 0 Å². The third kappa shape index (κ3) is 3.74. The minimum atomic E-state index is 0.348. The molecule has 2 heteroatoms. The first-order valence-electron chi connectivity index (χ1n) is 7.19. The van der Waals surface area contributed by atoms with Crippen LogP contribution in [0.4, 0.5) is 0 Å². The second-order valence-electron chi connectivity index (χ2n) is 5.62. The van der Waals surface area contributed by atoms with Crippen LogP contribution in [0.25, 0.3) is 0 Å². The van der Waals surface area contributed by atoms with Crippen LogP contribution in [0.15, 0.2) is 24.3 Å². The molecule has 0 atom stereocenters. The summed E-state index contributed by atoms with van der Waals surface area (Å²) in [7, 11) is 0. The molecular weight excluding hydrogens is 222 g/mol. The molecule has 0 aliphatic heterocycles. The molecule has 1 aliphatic rings. The van der Waals surface area contributed by atoms with Crippen LogP contribution in [0.2, 0.25) is 0 Å². The summed E-state index contributed by atoms with van der Waals surface area (Å²) in [4.78, 5) is 0. The molecule has 1 saturated carbocycles. The zero-order valence-electron chi connectivity index (χ0n) is 11.7. The molecule has 1 fully saturated rings. The van der Waals surface area contributed by atoms with Gasteiger partial charge in [0.25, 0.3) is 0 Å². The van der Waals surface area contributed by atoms with Crippen molar-refractivity contribution in [3.63, 3.8) is 0 Å². The van der Waals surface area contributed by atoms with Crippen LogP contribution in [0.5, 0.6) is 5.75 Å². The molecule has 1 aromatic rings. The summed E-state index contributed by atoms with van der Waals surface area (Å²) in [5.74, 6) is 0.993. The number of nitrogens with one attached hydrogen (secondary N) is 1. The number of ether oxygens (including phenoxy) is 1. The van der Waals surface area contributed by atoms with E-state index in [4.69, 9.17) is 4.74 Å². The highest BCUT2D eigenvalue weighted by Gasteiger charge is 2.27. The average Bonchev–Trinajstić information content (AvgIpc) is 2.82. The normalized spacial score (nSPS) is 17.9. The number of hydrogen-bond acceptors (Lipinski definition) is 2. The summed E-state index contributed by atoms with van der Waals surface area (Å²) in [5, 5.41) is 3.70. The lowest BCUT2D eigenvalue weighted by Gasteiger charge is -2.25. The number of rotatable bonds is 6. The van der Waals surface area contributed by atoms with E-state index in [1.54, 1.807) is 0 Å². The van der Waals surface area contributed by atoms with Gasteiger partial charge < -0.3 is 10.1 Å². The second kappa shape index (κ2) is 6.24. The molecule has 18 heavy (non-hydrogen) atoms. The minimum absolute atomic E-state index is 0.348. The maximum absolute atomic E-state index is 5.66. The highest BCUT2D eigenvalue weighted by molar-refractivity contribution is 5.28. The zero-order chi connectivity index (χ0) is 12.8. The van der Waals surface area contributed by atoms with Crippen LogP contribution >= 0.6 is 0 Å². The molecule has 1 aliphatic carbocycles. The Kier molecular flexibility index (Phi) is 4.65. The standard InChI is InChI=1S/C16H25NO/c1-3-11-18-15-8-6-7-14(12-15)13-17-16(2)9-4-5-10-16/h6-8,12,17H,3-5,9-11,13H2,1-2H3. The van der Waals surface area contributed by atoms with Gasteiger partial charge in [-0.15, -0.1) is 0 Å². The first-order valence-corrected chi connectivity index (χ1v) is 7.19. The van der Waals surface area contributed by atoms with E-state index in [0.717, 1.165) is 25.3 Å². The van der Waals surface area contributed by atoms with E-state index in [9.17, 15) is 0 Å². The SMILES string of the molecule is CCCOc1cccc(CNC2(C)CCCC2)c1. The minimum Gasteiger partial charge on any atom is -0.494 e. The van der Waals surface area contributed by atoms with Crippen molar-refractivity contribution in [1.29, 1.82) is 0 Å². The lowest BCUT2D eigenvalue weighted by Crippen LogP contribution is -2.38. The Morgan fingerprint density at radius 3 is 2.78 bits per heavy atom. The Morgan fingerprint density at radius 2 is 2.06 bits per heavy atom. The second-order valence-corrected chi connectivity index (χ2v) is 5.62. The fraction of sp³-hybridized carbons (Fsp3) is 0.625. The molecule has 0 radical (unpaired) electrons. The van der Waals surface area contributed by atoms with Gasteiger partial charge >= 0.3 is 0 Å². The van der Waals surface area contributed by atoms with Gasteiger partial charge in [0.05, 0.1) is 6.61 Å². The van der Waals surface area contributed by atoms with Crippen molar-refractivity contribution in [3.05, 3.63) is 29.8 Å². The van der Waals surface area contributed by atoms with Crippen LogP contribution in [0.3, 0.4) is 0 Å². The maximum Gasteiger partial charge on any atom is 0.119 e. The van der Waals surface area contributed by atoms with Crippen LogP contribution in [-0.4, -0.2) is 12.1 Å². The highest BCUT2D eigenvalue weighted by Crippen LogP contribution is 2.29. The van der Waals surface area contributed by atoms with Gasteiger partial charge in [-0.05, 0) is 43.9 Å². The molecule has 0 spiro atoms. The van der Waals surface area contributed by atoms with Gasteiger partial charge in [-0.1, -0.05) is 31.9 Å². The van der Waals surface area contributed by atoms with Gasteiger partial charge in [0.1, 0.15) is 5.75 Å². The van der Waals surface area contributed by atoms with E-state index >= 15 is 0 Å². The van der Waals surface area contributed by atoms with Crippen molar-refractivity contribution in [2.45, 2.75) is 58.0 Å². The van der Waals surface area contributed by atoms with E-state index in [-0.39, 0.29) is 0 Å². The summed E-state index contributed by atoms with van der Waals surface area (Å²) in [6.07, 6.45) is 6.39. The molecule has 1 N–H and O–H groups in total. The molecule has 0 heterocycles. The molecule has 100 valence electrons. The Labute approximate surface area is 111 Å². The quantitative estimate of drug-likeness (QED) is 0.823. The van der Waals surface area contributed by atoms with E-state index in [0.29, 0.717) is 5.54 Å². The van der Waals surface area contributed by atoms with E-state index in [2.05, 4.69) is 37.4 Å². The topological polar surface area (TPSA) is 21.3 Å². The predicted octanol–water partition coefficient (Wildman–Crippen LogP) is 3.90. The first-order chi connectivity index (χ1) is 8.72. The molecule has 2 rings (SSSR count).